The van der Waals surface area contributed by atoms with Crippen molar-refractivity contribution in [3.05, 3.63) is 77.6 Å². The predicted octanol–water partition coefficient (Wildman–Crippen LogP) is 4.58. The van der Waals surface area contributed by atoms with Gasteiger partial charge in [-0.3, -0.25) is 4.79 Å². The van der Waals surface area contributed by atoms with Crippen LogP contribution in [0.25, 0.3) is 15.9 Å². The molecule has 1 amide bonds. The molecule has 4 nitrogen and oxygen atoms in total. The average molecular weight is 347 g/mol. The van der Waals surface area contributed by atoms with Crippen molar-refractivity contribution >= 4 is 33.1 Å². The van der Waals surface area contributed by atoms with Crippen molar-refractivity contribution in [3.8, 4) is 5.69 Å². The third kappa shape index (κ3) is 3.46. The average Bonchev–Trinajstić information content (AvgIpc) is 3.23. The molecule has 2 heterocycles. The highest BCUT2D eigenvalue weighted by Gasteiger charge is 2.07. The summed E-state index contributed by atoms with van der Waals surface area (Å²) in [6.45, 7) is 1.99. The van der Waals surface area contributed by atoms with Crippen LogP contribution < -0.4 is 5.32 Å². The largest absolute Gasteiger partial charge is 0.326 e. The molecule has 0 aliphatic rings. The summed E-state index contributed by atoms with van der Waals surface area (Å²) >= 11 is 1.63. The molecule has 5 heteroatoms. The van der Waals surface area contributed by atoms with Gasteiger partial charge in [0.05, 0.1) is 21.6 Å². The number of hydrogen-bond donors (Lipinski definition) is 1. The lowest BCUT2D eigenvalue weighted by molar-refractivity contribution is -0.115. The smallest absolute Gasteiger partial charge is 0.228 e. The second-order valence-corrected chi connectivity index (χ2v) is 7.13. The Kier molecular flexibility index (Phi) is 4.07. The minimum atomic E-state index is -0.0192. The number of anilines is 1. The van der Waals surface area contributed by atoms with Crippen LogP contribution in [-0.4, -0.2) is 15.5 Å². The molecule has 4 aromatic rings. The lowest BCUT2D eigenvalue weighted by Crippen LogP contribution is -2.14. The molecule has 0 spiro atoms. The van der Waals surface area contributed by atoms with Crippen molar-refractivity contribution in [1.29, 1.82) is 0 Å². The summed E-state index contributed by atoms with van der Waals surface area (Å²) in [6.07, 6.45) is 4.35. The third-order valence-corrected chi connectivity index (χ3v) is 4.92. The summed E-state index contributed by atoms with van der Waals surface area (Å²) in [7, 11) is 0. The van der Waals surface area contributed by atoms with Gasteiger partial charge in [0.2, 0.25) is 5.91 Å². The van der Waals surface area contributed by atoms with Crippen LogP contribution in [0.5, 0.6) is 0 Å². The number of thiazole rings is 1. The molecule has 0 radical (unpaired) electrons. The summed E-state index contributed by atoms with van der Waals surface area (Å²) in [5, 5.41) is 4.00. The Bertz CT molecular complexity index is 1020. The Hall–Kier alpha value is -2.92. The van der Waals surface area contributed by atoms with Crippen LogP contribution in [0.1, 0.15) is 10.6 Å². The highest BCUT2D eigenvalue weighted by molar-refractivity contribution is 7.18. The molecule has 0 atom stereocenters. The molecule has 0 aliphatic heterocycles. The molecule has 0 unspecified atom stereocenters. The van der Waals surface area contributed by atoms with Crippen LogP contribution in [0, 0.1) is 6.92 Å². The fourth-order valence-electron chi connectivity index (χ4n) is 2.80. The van der Waals surface area contributed by atoms with Crippen molar-refractivity contribution in [2.24, 2.45) is 0 Å². The Balaban J connectivity index is 1.44. The molecular formula is C20H17N3OS. The van der Waals surface area contributed by atoms with E-state index in [1.54, 1.807) is 11.3 Å². The quantitative estimate of drug-likeness (QED) is 0.587. The SMILES string of the molecule is Cc1nc2ccc(NC(=O)Cc3ccc(-n4cccc4)cc3)cc2s1. The second kappa shape index (κ2) is 6.53. The van der Waals surface area contributed by atoms with E-state index in [2.05, 4.69) is 10.3 Å². The van der Waals surface area contributed by atoms with Crippen molar-refractivity contribution < 1.29 is 4.79 Å². The highest BCUT2D eigenvalue weighted by Crippen LogP contribution is 2.24. The molecule has 25 heavy (non-hydrogen) atoms. The Morgan fingerprint density at radius 3 is 2.64 bits per heavy atom. The van der Waals surface area contributed by atoms with Crippen LogP contribution >= 0.6 is 11.3 Å². The van der Waals surface area contributed by atoms with Crippen molar-refractivity contribution in [1.82, 2.24) is 9.55 Å². The molecule has 0 saturated heterocycles. The van der Waals surface area contributed by atoms with Gasteiger partial charge in [-0.1, -0.05) is 12.1 Å². The summed E-state index contributed by atoms with van der Waals surface area (Å²) in [6, 6.07) is 17.8. The first kappa shape index (κ1) is 15.6. The lowest BCUT2D eigenvalue weighted by Gasteiger charge is -2.07. The third-order valence-electron chi connectivity index (χ3n) is 3.98. The zero-order valence-corrected chi connectivity index (χ0v) is 14.6. The molecular weight excluding hydrogens is 330 g/mol. The maximum Gasteiger partial charge on any atom is 0.228 e. The summed E-state index contributed by atoms with van der Waals surface area (Å²) in [5.41, 5.74) is 3.86. The minimum Gasteiger partial charge on any atom is -0.326 e. The van der Waals surface area contributed by atoms with E-state index < -0.39 is 0 Å². The van der Waals surface area contributed by atoms with Crippen molar-refractivity contribution in [2.45, 2.75) is 13.3 Å². The number of hydrogen-bond acceptors (Lipinski definition) is 3. The maximum absolute atomic E-state index is 12.3. The summed E-state index contributed by atoms with van der Waals surface area (Å²) < 4.78 is 3.13. The molecule has 0 saturated carbocycles. The lowest BCUT2D eigenvalue weighted by atomic mass is 10.1. The first-order valence-electron chi connectivity index (χ1n) is 8.07. The molecule has 124 valence electrons. The first-order valence-corrected chi connectivity index (χ1v) is 8.88. The van der Waals surface area contributed by atoms with Crippen LogP contribution in [0.2, 0.25) is 0 Å². The monoisotopic (exact) mass is 347 g/mol. The Morgan fingerprint density at radius 1 is 1.12 bits per heavy atom. The van der Waals surface area contributed by atoms with Crippen LogP contribution in [-0.2, 0) is 11.2 Å². The fourth-order valence-corrected chi connectivity index (χ4v) is 3.67. The number of nitrogens with one attached hydrogen (secondary N) is 1. The molecule has 0 bridgehead atoms. The Labute approximate surface area is 149 Å². The van der Waals surface area contributed by atoms with Gasteiger partial charge < -0.3 is 9.88 Å². The van der Waals surface area contributed by atoms with Gasteiger partial charge in [0.25, 0.3) is 0 Å². The number of carbonyl (C=O) groups excluding carboxylic acids is 1. The molecule has 2 aromatic carbocycles. The van der Waals surface area contributed by atoms with Gasteiger partial charge in [-0.05, 0) is 55.0 Å². The number of benzene rings is 2. The Morgan fingerprint density at radius 2 is 1.88 bits per heavy atom. The van der Waals surface area contributed by atoms with E-state index >= 15 is 0 Å². The molecule has 4 rings (SSSR count). The van der Waals surface area contributed by atoms with E-state index in [9.17, 15) is 4.79 Å². The van der Waals surface area contributed by atoms with Crippen molar-refractivity contribution in [2.75, 3.05) is 5.32 Å². The zero-order valence-electron chi connectivity index (χ0n) is 13.8. The van der Waals surface area contributed by atoms with Crippen molar-refractivity contribution in [3.63, 3.8) is 0 Å². The topological polar surface area (TPSA) is 46.9 Å². The van der Waals surface area contributed by atoms with Gasteiger partial charge in [-0.2, -0.15) is 0 Å². The van der Waals surface area contributed by atoms with Crippen LogP contribution in [0.4, 0.5) is 5.69 Å². The van der Waals surface area contributed by atoms with Gasteiger partial charge in [0.15, 0.2) is 0 Å². The fraction of sp³-hybridized carbons (Fsp3) is 0.100. The molecule has 0 fully saturated rings. The number of nitrogens with zero attached hydrogens (tertiary/aromatic N) is 2. The van der Waals surface area contributed by atoms with E-state index in [1.165, 1.54) is 0 Å². The van der Waals surface area contributed by atoms with E-state index in [0.29, 0.717) is 6.42 Å². The molecule has 1 N–H and O–H groups in total. The van der Waals surface area contributed by atoms with Gasteiger partial charge in [-0.25, -0.2) is 4.98 Å². The number of fused-ring (bicyclic) bond motifs is 1. The normalized spacial score (nSPS) is 10.9. The minimum absolute atomic E-state index is 0.0192. The molecule has 0 aliphatic carbocycles. The van der Waals surface area contributed by atoms with E-state index in [1.807, 2.05) is 78.5 Å². The van der Waals surface area contributed by atoms with Crippen LogP contribution in [0.3, 0.4) is 0 Å². The van der Waals surface area contributed by atoms with Gasteiger partial charge in [-0.15, -0.1) is 11.3 Å². The number of aryl methyl sites for hydroxylation is 1. The number of carbonyl (C=O) groups is 1. The zero-order chi connectivity index (χ0) is 17.2. The summed E-state index contributed by atoms with van der Waals surface area (Å²) in [5.74, 6) is -0.0192. The number of amides is 1. The first-order chi connectivity index (χ1) is 12.2. The van der Waals surface area contributed by atoms with E-state index in [4.69, 9.17) is 0 Å². The number of rotatable bonds is 4. The van der Waals surface area contributed by atoms with E-state index in [-0.39, 0.29) is 5.91 Å². The standard InChI is InChI=1S/C20H17N3OS/c1-14-21-18-9-6-16(13-19(18)25-14)22-20(24)12-15-4-7-17(8-5-15)23-10-2-3-11-23/h2-11,13H,12H2,1H3,(H,22,24). The predicted molar refractivity (Wildman–Crippen MR) is 102 cm³/mol. The van der Waals surface area contributed by atoms with Gasteiger partial charge in [0.1, 0.15) is 0 Å². The van der Waals surface area contributed by atoms with Gasteiger partial charge in [0, 0.05) is 23.8 Å². The summed E-state index contributed by atoms with van der Waals surface area (Å²) in [4.78, 5) is 16.7. The highest BCUT2D eigenvalue weighted by atomic mass is 32.1. The van der Waals surface area contributed by atoms with Gasteiger partial charge >= 0.3 is 0 Å². The maximum atomic E-state index is 12.3. The second-order valence-electron chi connectivity index (χ2n) is 5.90. The van der Waals surface area contributed by atoms with E-state index in [0.717, 1.165) is 32.2 Å². The molecule has 2 aromatic heterocycles. The van der Waals surface area contributed by atoms with Crippen LogP contribution in [0.15, 0.2) is 67.0 Å². The number of aromatic nitrogens is 2.